The Morgan fingerprint density at radius 3 is 2.90 bits per heavy atom. The molecule has 0 radical (unpaired) electrons. The zero-order chi connectivity index (χ0) is 14.7. The van der Waals surface area contributed by atoms with Gasteiger partial charge in [0, 0.05) is 18.3 Å². The van der Waals surface area contributed by atoms with E-state index in [1.165, 1.54) is 23.1 Å². The summed E-state index contributed by atoms with van der Waals surface area (Å²) >= 11 is 3.05. The minimum Gasteiger partial charge on any atom is -0.481 e. The van der Waals surface area contributed by atoms with Crippen molar-refractivity contribution in [1.82, 2.24) is 4.90 Å². The minimum absolute atomic E-state index is 0.0550. The number of carboxylic acids is 1. The second-order valence-corrected chi connectivity index (χ2v) is 5.50. The summed E-state index contributed by atoms with van der Waals surface area (Å²) in [6.07, 6.45) is 1.42. The summed E-state index contributed by atoms with van der Waals surface area (Å²) < 4.78 is 13.4. The Bertz CT molecular complexity index is 538. The van der Waals surface area contributed by atoms with E-state index in [1.54, 1.807) is 0 Å². The van der Waals surface area contributed by atoms with E-state index in [-0.39, 0.29) is 23.0 Å². The number of anilines is 1. The number of amides is 2. The predicted molar refractivity (Wildman–Crippen MR) is 75.1 cm³/mol. The molecule has 2 N–H and O–H groups in total. The number of halogens is 2. The number of rotatable bonds is 3. The van der Waals surface area contributed by atoms with E-state index in [1.807, 2.05) is 0 Å². The van der Waals surface area contributed by atoms with E-state index in [0.717, 1.165) is 6.42 Å². The van der Waals surface area contributed by atoms with Gasteiger partial charge < -0.3 is 15.3 Å². The molecule has 2 amide bonds. The van der Waals surface area contributed by atoms with Gasteiger partial charge in [0.05, 0.1) is 10.9 Å². The van der Waals surface area contributed by atoms with E-state index in [0.29, 0.717) is 18.7 Å². The van der Waals surface area contributed by atoms with E-state index < -0.39 is 11.8 Å². The molecule has 7 heteroatoms. The first-order valence-electron chi connectivity index (χ1n) is 6.22. The number of urea groups is 1. The summed E-state index contributed by atoms with van der Waals surface area (Å²) in [6.45, 7) is 0.534. The number of aliphatic carboxylic acids is 1. The smallest absolute Gasteiger partial charge is 0.322 e. The first-order chi connectivity index (χ1) is 9.47. The van der Waals surface area contributed by atoms with Crippen molar-refractivity contribution < 1.29 is 19.1 Å². The van der Waals surface area contributed by atoms with Gasteiger partial charge in [0.25, 0.3) is 0 Å². The summed E-state index contributed by atoms with van der Waals surface area (Å²) in [5, 5.41) is 11.5. The highest BCUT2D eigenvalue weighted by atomic mass is 79.9. The topological polar surface area (TPSA) is 69.6 Å². The van der Waals surface area contributed by atoms with Crippen LogP contribution in [0.3, 0.4) is 0 Å². The molecule has 0 aromatic heterocycles. The van der Waals surface area contributed by atoms with Crippen molar-refractivity contribution in [3.8, 4) is 0 Å². The maximum Gasteiger partial charge on any atom is 0.322 e. The molecule has 0 spiro atoms. The number of nitrogens with zero attached hydrogens (tertiary/aromatic N) is 1. The molecule has 20 heavy (non-hydrogen) atoms. The fourth-order valence-corrected chi connectivity index (χ4v) is 2.66. The van der Waals surface area contributed by atoms with Gasteiger partial charge in [-0.15, -0.1) is 0 Å². The summed E-state index contributed by atoms with van der Waals surface area (Å²) in [7, 11) is 0. The third kappa shape index (κ3) is 3.47. The van der Waals surface area contributed by atoms with Gasteiger partial charge in [-0.3, -0.25) is 4.79 Å². The highest BCUT2D eigenvalue weighted by molar-refractivity contribution is 9.10. The Balaban J connectivity index is 2.03. The molecule has 1 saturated heterocycles. The van der Waals surface area contributed by atoms with Gasteiger partial charge in [0.2, 0.25) is 0 Å². The largest absolute Gasteiger partial charge is 0.481 e. The van der Waals surface area contributed by atoms with Crippen LogP contribution in [0, 0.1) is 5.82 Å². The highest BCUT2D eigenvalue weighted by Gasteiger charge is 2.30. The average molecular weight is 345 g/mol. The van der Waals surface area contributed by atoms with Crippen molar-refractivity contribution in [2.45, 2.75) is 25.3 Å². The Labute approximate surface area is 123 Å². The van der Waals surface area contributed by atoms with Crippen LogP contribution in [0.2, 0.25) is 0 Å². The van der Waals surface area contributed by atoms with Gasteiger partial charge in [0.1, 0.15) is 5.82 Å². The molecule has 5 nitrogen and oxygen atoms in total. The highest BCUT2D eigenvalue weighted by Crippen LogP contribution is 2.23. The quantitative estimate of drug-likeness (QED) is 0.885. The molecule has 0 saturated carbocycles. The molecule has 1 atom stereocenters. The number of hydrogen-bond acceptors (Lipinski definition) is 2. The van der Waals surface area contributed by atoms with Crippen LogP contribution < -0.4 is 5.32 Å². The van der Waals surface area contributed by atoms with Gasteiger partial charge in [-0.25, -0.2) is 9.18 Å². The lowest BCUT2D eigenvalue weighted by molar-refractivity contribution is -0.137. The number of benzene rings is 1. The van der Waals surface area contributed by atoms with Crippen molar-refractivity contribution in [3.63, 3.8) is 0 Å². The zero-order valence-corrected chi connectivity index (χ0v) is 12.2. The van der Waals surface area contributed by atoms with E-state index in [4.69, 9.17) is 5.11 Å². The first kappa shape index (κ1) is 14.8. The van der Waals surface area contributed by atoms with Crippen molar-refractivity contribution in [2.75, 3.05) is 11.9 Å². The Hall–Kier alpha value is -1.63. The molecule has 2 rings (SSSR count). The number of hydrogen-bond donors (Lipinski definition) is 2. The molecule has 1 aromatic carbocycles. The molecular weight excluding hydrogens is 331 g/mol. The summed E-state index contributed by atoms with van der Waals surface area (Å²) in [5.74, 6) is -1.33. The zero-order valence-electron chi connectivity index (χ0n) is 10.6. The fraction of sp³-hybridized carbons (Fsp3) is 0.385. The SMILES string of the molecule is O=C(O)CC1CCCN1C(=O)Nc1ccc(F)c(Br)c1. The molecular formula is C13H14BrFN2O3. The van der Waals surface area contributed by atoms with Crippen LogP contribution in [0.15, 0.2) is 22.7 Å². The Morgan fingerprint density at radius 2 is 2.25 bits per heavy atom. The van der Waals surface area contributed by atoms with E-state index in [2.05, 4.69) is 21.2 Å². The van der Waals surface area contributed by atoms with Gasteiger partial charge >= 0.3 is 12.0 Å². The fourth-order valence-electron chi connectivity index (χ4n) is 2.29. The first-order valence-corrected chi connectivity index (χ1v) is 7.01. The van der Waals surface area contributed by atoms with Crippen LogP contribution in [-0.4, -0.2) is 34.6 Å². The van der Waals surface area contributed by atoms with Crippen LogP contribution in [0.25, 0.3) is 0 Å². The molecule has 0 aliphatic carbocycles. The number of carboxylic acid groups (broad SMARTS) is 1. The number of nitrogens with one attached hydrogen (secondary N) is 1. The van der Waals surface area contributed by atoms with Crippen LogP contribution >= 0.6 is 15.9 Å². The maximum absolute atomic E-state index is 13.1. The number of carbonyl (C=O) groups is 2. The lowest BCUT2D eigenvalue weighted by Gasteiger charge is -2.23. The van der Waals surface area contributed by atoms with Gasteiger partial charge in [0.15, 0.2) is 0 Å². The minimum atomic E-state index is -0.917. The third-order valence-electron chi connectivity index (χ3n) is 3.22. The molecule has 1 unspecified atom stereocenters. The summed E-state index contributed by atoms with van der Waals surface area (Å²) in [6, 6.07) is 3.54. The summed E-state index contributed by atoms with van der Waals surface area (Å²) in [4.78, 5) is 24.4. The van der Waals surface area contributed by atoms with Crippen molar-refractivity contribution in [3.05, 3.63) is 28.5 Å². The van der Waals surface area contributed by atoms with Crippen molar-refractivity contribution >= 4 is 33.6 Å². The lowest BCUT2D eigenvalue weighted by Crippen LogP contribution is -2.39. The van der Waals surface area contributed by atoms with Crippen molar-refractivity contribution in [1.29, 1.82) is 0 Å². The van der Waals surface area contributed by atoms with Crippen LogP contribution in [-0.2, 0) is 4.79 Å². The number of likely N-dealkylation sites (tertiary alicyclic amines) is 1. The molecule has 1 heterocycles. The average Bonchev–Trinajstić information content (AvgIpc) is 2.81. The van der Waals surface area contributed by atoms with Gasteiger partial charge in [-0.1, -0.05) is 0 Å². The second kappa shape index (κ2) is 6.21. The van der Waals surface area contributed by atoms with E-state index >= 15 is 0 Å². The Morgan fingerprint density at radius 1 is 1.50 bits per heavy atom. The molecule has 0 bridgehead atoms. The van der Waals surface area contributed by atoms with Gasteiger partial charge in [-0.05, 0) is 47.0 Å². The second-order valence-electron chi connectivity index (χ2n) is 4.65. The van der Waals surface area contributed by atoms with Crippen molar-refractivity contribution in [2.24, 2.45) is 0 Å². The molecule has 108 valence electrons. The summed E-state index contributed by atoms with van der Waals surface area (Å²) in [5.41, 5.74) is 0.462. The molecule has 1 fully saturated rings. The van der Waals surface area contributed by atoms with Gasteiger partial charge in [-0.2, -0.15) is 0 Å². The van der Waals surface area contributed by atoms with Crippen LogP contribution in [0.1, 0.15) is 19.3 Å². The van der Waals surface area contributed by atoms with Crippen LogP contribution in [0.5, 0.6) is 0 Å². The molecule has 1 aliphatic rings. The standard InChI is InChI=1S/C13H14BrFN2O3/c14-10-6-8(3-4-11(10)15)16-13(20)17-5-1-2-9(17)7-12(18)19/h3-4,6,9H,1-2,5,7H2,(H,16,20)(H,18,19). The number of carbonyl (C=O) groups excluding carboxylic acids is 1. The predicted octanol–water partition coefficient (Wildman–Crippen LogP) is 3.06. The monoisotopic (exact) mass is 344 g/mol. The Kier molecular flexibility index (Phi) is 4.59. The van der Waals surface area contributed by atoms with E-state index in [9.17, 15) is 14.0 Å². The third-order valence-corrected chi connectivity index (χ3v) is 3.83. The van der Waals surface area contributed by atoms with Crippen LogP contribution in [0.4, 0.5) is 14.9 Å². The maximum atomic E-state index is 13.1. The molecule has 1 aromatic rings. The molecule has 1 aliphatic heterocycles. The normalized spacial score (nSPS) is 18.1. The lowest BCUT2D eigenvalue weighted by atomic mass is 10.1.